The summed E-state index contributed by atoms with van der Waals surface area (Å²) >= 11 is 1.28. The van der Waals surface area contributed by atoms with E-state index in [2.05, 4.69) is 20.8 Å². The van der Waals surface area contributed by atoms with E-state index in [4.69, 9.17) is 0 Å². The van der Waals surface area contributed by atoms with Gasteiger partial charge in [0.25, 0.3) is 5.91 Å². The molecule has 1 aliphatic rings. The van der Waals surface area contributed by atoms with E-state index in [1.807, 2.05) is 45.0 Å². The third kappa shape index (κ3) is 5.09. The van der Waals surface area contributed by atoms with Gasteiger partial charge in [0.05, 0.1) is 0 Å². The number of aromatic nitrogens is 2. The van der Waals surface area contributed by atoms with Crippen molar-refractivity contribution in [1.29, 1.82) is 0 Å². The monoisotopic (exact) mass is 463 g/mol. The van der Waals surface area contributed by atoms with Gasteiger partial charge in [0.2, 0.25) is 16.9 Å². The molecule has 1 aromatic heterocycles. The Bertz CT molecular complexity index is 1190. The first kappa shape index (κ1) is 22.6. The van der Waals surface area contributed by atoms with E-state index in [1.165, 1.54) is 11.3 Å². The molecule has 0 saturated carbocycles. The molecule has 9 heteroatoms. The fourth-order valence-electron chi connectivity index (χ4n) is 3.58. The van der Waals surface area contributed by atoms with Crippen molar-refractivity contribution in [2.45, 2.75) is 33.1 Å². The molecule has 0 radical (unpaired) electrons. The van der Waals surface area contributed by atoms with Crippen LogP contribution >= 0.6 is 11.3 Å². The molecular weight excluding hydrogens is 438 g/mol. The SMILES string of the molecule is Cc1ccccc1N1CC(c2nnc(NC(=O)c3ccc(NC(=O)C(C)C)cc3)s2)CC1=O. The van der Waals surface area contributed by atoms with Crippen LogP contribution in [0.2, 0.25) is 0 Å². The Balaban J connectivity index is 1.39. The molecule has 4 rings (SSSR count). The Morgan fingerprint density at radius 2 is 1.79 bits per heavy atom. The van der Waals surface area contributed by atoms with Crippen LogP contribution in [0.1, 0.15) is 47.1 Å². The lowest BCUT2D eigenvalue weighted by Crippen LogP contribution is -2.25. The molecule has 1 fully saturated rings. The van der Waals surface area contributed by atoms with Crippen LogP contribution in [-0.4, -0.2) is 34.5 Å². The Kier molecular flexibility index (Phi) is 6.50. The van der Waals surface area contributed by atoms with Crippen LogP contribution < -0.4 is 15.5 Å². The predicted molar refractivity (Wildman–Crippen MR) is 129 cm³/mol. The summed E-state index contributed by atoms with van der Waals surface area (Å²) in [6, 6.07) is 14.5. The molecule has 1 atom stereocenters. The first-order valence-corrected chi connectivity index (χ1v) is 11.5. The van der Waals surface area contributed by atoms with Crippen molar-refractivity contribution in [2.75, 3.05) is 22.1 Å². The van der Waals surface area contributed by atoms with Crippen LogP contribution in [0, 0.1) is 12.8 Å². The van der Waals surface area contributed by atoms with Crippen molar-refractivity contribution in [1.82, 2.24) is 10.2 Å². The average Bonchev–Trinajstić information content (AvgIpc) is 3.41. The van der Waals surface area contributed by atoms with Gasteiger partial charge in [-0.1, -0.05) is 43.4 Å². The maximum Gasteiger partial charge on any atom is 0.257 e. The molecule has 2 N–H and O–H groups in total. The third-order valence-corrected chi connectivity index (χ3v) is 6.48. The minimum absolute atomic E-state index is 0.0553. The highest BCUT2D eigenvalue weighted by molar-refractivity contribution is 7.15. The van der Waals surface area contributed by atoms with Gasteiger partial charge in [0.1, 0.15) is 5.01 Å². The molecule has 1 unspecified atom stereocenters. The molecule has 1 aliphatic heterocycles. The van der Waals surface area contributed by atoms with Crippen molar-refractivity contribution >= 4 is 45.6 Å². The highest BCUT2D eigenvalue weighted by Crippen LogP contribution is 2.35. The number of hydrogen-bond acceptors (Lipinski definition) is 6. The number of anilines is 3. The maximum atomic E-state index is 12.6. The smallest absolute Gasteiger partial charge is 0.257 e. The van der Waals surface area contributed by atoms with Gasteiger partial charge in [-0.15, -0.1) is 10.2 Å². The number of para-hydroxylation sites is 1. The zero-order valence-electron chi connectivity index (χ0n) is 18.7. The van der Waals surface area contributed by atoms with Crippen molar-refractivity contribution in [2.24, 2.45) is 5.92 Å². The summed E-state index contributed by atoms with van der Waals surface area (Å²) in [6.07, 6.45) is 0.362. The number of nitrogens with one attached hydrogen (secondary N) is 2. The molecule has 2 heterocycles. The normalized spacial score (nSPS) is 15.7. The lowest BCUT2D eigenvalue weighted by atomic mass is 10.1. The van der Waals surface area contributed by atoms with E-state index in [0.717, 1.165) is 16.3 Å². The lowest BCUT2D eigenvalue weighted by molar-refractivity contribution is -0.119. The average molecular weight is 464 g/mol. The van der Waals surface area contributed by atoms with Gasteiger partial charge in [0.15, 0.2) is 0 Å². The molecule has 33 heavy (non-hydrogen) atoms. The number of rotatable bonds is 6. The number of carbonyl (C=O) groups excluding carboxylic acids is 3. The molecule has 3 aromatic rings. The van der Waals surface area contributed by atoms with E-state index in [-0.39, 0.29) is 29.6 Å². The van der Waals surface area contributed by atoms with E-state index < -0.39 is 0 Å². The Labute approximate surface area is 196 Å². The lowest BCUT2D eigenvalue weighted by Gasteiger charge is -2.18. The van der Waals surface area contributed by atoms with Crippen LogP contribution in [0.15, 0.2) is 48.5 Å². The Morgan fingerprint density at radius 1 is 1.06 bits per heavy atom. The number of amides is 3. The van der Waals surface area contributed by atoms with Crippen LogP contribution in [0.25, 0.3) is 0 Å². The highest BCUT2D eigenvalue weighted by atomic mass is 32.1. The summed E-state index contributed by atoms with van der Waals surface area (Å²) in [5.41, 5.74) is 3.03. The summed E-state index contributed by atoms with van der Waals surface area (Å²) in [6.45, 7) is 6.15. The maximum absolute atomic E-state index is 12.6. The number of aryl methyl sites for hydroxylation is 1. The fraction of sp³-hybridized carbons (Fsp3) is 0.292. The van der Waals surface area contributed by atoms with Crippen molar-refractivity contribution in [3.8, 4) is 0 Å². The molecular formula is C24H25N5O3S. The molecule has 3 amide bonds. The first-order chi connectivity index (χ1) is 15.8. The topological polar surface area (TPSA) is 104 Å². The van der Waals surface area contributed by atoms with E-state index in [1.54, 1.807) is 29.2 Å². The van der Waals surface area contributed by atoms with Crippen LogP contribution in [-0.2, 0) is 9.59 Å². The van der Waals surface area contributed by atoms with Gasteiger partial charge in [-0.2, -0.15) is 0 Å². The van der Waals surface area contributed by atoms with Crippen molar-refractivity contribution in [3.63, 3.8) is 0 Å². The molecule has 0 bridgehead atoms. The first-order valence-electron chi connectivity index (χ1n) is 10.7. The van der Waals surface area contributed by atoms with Crippen molar-refractivity contribution < 1.29 is 14.4 Å². The second-order valence-corrected chi connectivity index (χ2v) is 9.32. The van der Waals surface area contributed by atoms with Gasteiger partial charge in [-0.3, -0.25) is 19.7 Å². The summed E-state index contributed by atoms with van der Waals surface area (Å²) in [5, 5.41) is 15.0. The molecule has 0 spiro atoms. The number of nitrogens with zero attached hydrogens (tertiary/aromatic N) is 3. The van der Waals surface area contributed by atoms with Gasteiger partial charge >= 0.3 is 0 Å². The second kappa shape index (κ2) is 9.50. The number of hydrogen-bond donors (Lipinski definition) is 2. The minimum atomic E-state index is -0.316. The van der Waals surface area contributed by atoms with E-state index >= 15 is 0 Å². The van der Waals surface area contributed by atoms with E-state index in [9.17, 15) is 14.4 Å². The summed E-state index contributed by atoms with van der Waals surface area (Å²) < 4.78 is 0. The molecule has 0 aliphatic carbocycles. The summed E-state index contributed by atoms with van der Waals surface area (Å²) in [5.74, 6) is -0.536. The highest BCUT2D eigenvalue weighted by Gasteiger charge is 2.34. The Morgan fingerprint density at radius 3 is 2.48 bits per heavy atom. The van der Waals surface area contributed by atoms with Gasteiger partial charge in [-0.05, 0) is 42.8 Å². The van der Waals surface area contributed by atoms with Crippen LogP contribution in [0.5, 0.6) is 0 Å². The summed E-state index contributed by atoms with van der Waals surface area (Å²) in [4.78, 5) is 38.8. The quantitative estimate of drug-likeness (QED) is 0.570. The zero-order chi connectivity index (χ0) is 23.5. The van der Waals surface area contributed by atoms with Gasteiger partial charge in [-0.25, -0.2) is 0 Å². The molecule has 2 aromatic carbocycles. The van der Waals surface area contributed by atoms with Crippen molar-refractivity contribution in [3.05, 3.63) is 64.7 Å². The third-order valence-electron chi connectivity index (χ3n) is 5.48. The zero-order valence-corrected chi connectivity index (χ0v) is 19.5. The molecule has 1 saturated heterocycles. The fourth-order valence-corrected chi connectivity index (χ4v) is 4.41. The minimum Gasteiger partial charge on any atom is -0.326 e. The van der Waals surface area contributed by atoms with Gasteiger partial charge in [0, 0.05) is 41.7 Å². The van der Waals surface area contributed by atoms with Crippen LogP contribution in [0.3, 0.4) is 0 Å². The Hall–Kier alpha value is -3.59. The second-order valence-electron chi connectivity index (χ2n) is 8.31. The number of benzene rings is 2. The molecule has 8 nitrogen and oxygen atoms in total. The predicted octanol–water partition coefficient (Wildman–Crippen LogP) is 4.21. The van der Waals surface area contributed by atoms with Gasteiger partial charge < -0.3 is 10.2 Å². The largest absolute Gasteiger partial charge is 0.326 e. The van der Waals surface area contributed by atoms with E-state index in [0.29, 0.717) is 29.3 Å². The number of carbonyl (C=O) groups is 3. The summed E-state index contributed by atoms with van der Waals surface area (Å²) in [7, 11) is 0. The standard InChI is InChI=1S/C24H25N5O3S/c1-14(2)21(31)25-18-10-8-16(9-11-18)22(32)26-24-28-27-23(33-24)17-12-20(30)29(13-17)19-7-5-4-6-15(19)3/h4-11,14,17H,12-13H2,1-3H3,(H,25,31)(H,26,28,32). The van der Waals surface area contributed by atoms with Crippen LogP contribution in [0.4, 0.5) is 16.5 Å². The molecule has 170 valence electrons.